The van der Waals surface area contributed by atoms with E-state index in [0.717, 1.165) is 142 Å². The number of aryl methyl sites for hydroxylation is 4. The Morgan fingerprint density at radius 3 is 1.81 bits per heavy atom. The largest absolute Gasteiger partial charge is 0.455 e. The minimum atomic E-state index is 0.449. The molecule has 2 saturated heterocycles. The third-order valence-corrected chi connectivity index (χ3v) is 12.0. The second kappa shape index (κ2) is 21.6. The van der Waals surface area contributed by atoms with Crippen molar-refractivity contribution in [3.8, 4) is 46.7 Å². The van der Waals surface area contributed by atoms with Crippen LogP contribution < -0.4 is 30.7 Å². The van der Waals surface area contributed by atoms with E-state index in [9.17, 15) is 0 Å². The molecule has 0 radical (unpaired) electrons. The SMILES string of the molecule is Cc1ccc(Oc2ccc(Nc3ncnc4ccc(C#CC5CCNCC5)cc34)cc2C)cn1.Cc1cccc(Nc2ncnc3ccc(C#CC4CCNCC4)cc23)c1Oc1cccnc1C. The molecule has 2 fully saturated rings. The first-order chi connectivity index (χ1) is 33.3. The van der Waals surface area contributed by atoms with Crippen LogP contribution in [0.1, 0.15) is 59.3 Å². The van der Waals surface area contributed by atoms with Crippen LogP contribution in [0.3, 0.4) is 0 Å². The van der Waals surface area contributed by atoms with E-state index in [1.165, 1.54) is 0 Å². The van der Waals surface area contributed by atoms with Crippen molar-refractivity contribution in [3.63, 3.8) is 0 Å². The lowest BCUT2D eigenvalue weighted by Crippen LogP contribution is -2.26. The molecule has 340 valence electrons. The van der Waals surface area contributed by atoms with Gasteiger partial charge in [0.15, 0.2) is 5.75 Å². The summed E-state index contributed by atoms with van der Waals surface area (Å²) in [5.41, 5.74) is 9.27. The molecule has 10 rings (SSSR count). The summed E-state index contributed by atoms with van der Waals surface area (Å²) in [6.45, 7) is 12.1. The molecule has 12 nitrogen and oxygen atoms in total. The van der Waals surface area contributed by atoms with Gasteiger partial charge in [0.05, 0.1) is 28.6 Å². The summed E-state index contributed by atoms with van der Waals surface area (Å²) in [5, 5.41) is 15.6. The molecule has 0 unspecified atom stereocenters. The lowest BCUT2D eigenvalue weighted by atomic mass is 9.98. The Kier molecular flexibility index (Phi) is 14.4. The fraction of sp³-hybridized carbons (Fsp3) is 0.250. The van der Waals surface area contributed by atoms with E-state index < -0.39 is 0 Å². The summed E-state index contributed by atoms with van der Waals surface area (Å²) in [7, 11) is 0. The smallest absolute Gasteiger partial charge is 0.153 e. The molecule has 4 N–H and O–H groups in total. The minimum absolute atomic E-state index is 0.449. The number of fused-ring (bicyclic) bond motifs is 2. The Labute approximate surface area is 397 Å². The van der Waals surface area contributed by atoms with Gasteiger partial charge in [-0.05, 0) is 176 Å². The first-order valence-corrected chi connectivity index (χ1v) is 23.2. The third-order valence-electron chi connectivity index (χ3n) is 12.0. The number of ether oxygens (including phenoxy) is 2. The highest BCUT2D eigenvalue weighted by atomic mass is 16.5. The van der Waals surface area contributed by atoms with E-state index in [2.05, 4.69) is 87.0 Å². The molecule has 6 heterocycles. The average molecular weight is 899 g/mol. The summed E-state index contributed by atoms with van der Waals surface area (Å²) in [5.74, 6) is 19.0. The Bertz CT molecular complexity index is 3180. The van der Waals surface area contributed by atoms with Crippen LogP contribution in [0.2, 0.25) is 0 Å². The number of hydrogen-bond donors (Lipinski definition) is 4. The van der Waals surface area contributed by atoms with Crippen LogP contribution in [0, 0.1) is 63.2 Å². The molecule has 0 amide bonds. The van der Waals surface area contributed by atoms with Gasteiger partial charge in [0.25, 0.3) is 0 Å². The van der Waals surface area contributed by atoms with E-state index in [1.54, 1.807) is 25.0 Å². The second-order valence-corrected chi connectivity index (χ2v) is 17.1. The van der Waals surface area contributed by atoms with Crippen molar-refractivity contribution in [1.29, 1.82) is 0 Å². The van der Waals surface area contributed by atoms with Gasteiger partial charge in [-0.25, -0.2) is 19.9 Å². The van der Waals surface area contributed by atoms with Gasteiger partial charge in [0.2, 0.25) is 0 Å². The van der Waals surface area contributed by atoms with Crippen LogP contribution in [-0.2, 0) is 0 Å². The number of benzene rings is 4. The van der Waals surface area contributed by atoms with Crippen molar-refractivity contribution in [1.82, 2.24) is 40.5 Å². The number of aromatic nitrogens is 6. The number of nitrogens with one attached hydrogen (secondary N) is 4. The maximum atomic E-state index is 6.29. The van der Waals surface area contributed by atoms with E-state index in [1.807, 2.05) is 113 Å². The van der Waals surface area contributed by atoms with Gasteiger partial charge < -0.3 is 30.7 Å². The summed E-state index contributed by atoms with van der Waals surface area (Å²) >= 11 is 0. The number of piperidine rings is 2. The molecule has 0 saturated carbocycles. The Balaban J connectivity index is 0.000000170. The topological polar surface area (TPSA) is 144 Å². The lowest BCUT2D eigenvalue weighted by molar-refractivity contribution is 0.447. The molecule has 68 heavy (non-hydrogen) atoms. The van der Waals surface area contributed by atoms with Crippen LogP contribution in [0.25, 0.3) is 21.8 Å². The number of rotatable bonds is 8. The standard InChI is InChI=1S/2C28H27N5O/c1-19-15-23(7-10-27(19)34-24-8-3-20(2)30-17-24)33-28-25-16-22(6-9-26(25)31-18-32-28)5-4-21-11-13-29-14-12-21;1-19-5-3-6-25(27(19)34-26-7-4-14-30-20(26)2)33-28-23-17-22(10-11-24(23)31-18-32-28)9-8-21-12-15-29-16-13-21/h3,6-10,15-18,21,29H,11-14H2,1-2H3,(H,31,32,33);3-7,10-11,14,17-18,21,29H,12-13,15-16H2,1-2H3,(H,31,32,33). The number of nitrogens with zero attached hydrogens (tertiary/aromatic N) is 6. The van der Waals surface area contributed by atoms with Crippen molar-refractivity contribution in [2.75, 3.05) is 36.8 Å². The average Bonchev–Trinajstić information content (AvgIpc) is 3.37. The van der Waals surface area contributed by atoms with E-state index in [-0.39, 0.29) is 0 Å². The Hall–Kier alpha value is -7.90. The van der Waals surface area contributed by atoms with Crippen LogP contribution in [-0.4, -0.2) is 56.1 Å². The predicted octanol–water partition coefficient (Wildman–Crippen LogP) is 11.1. The second-order valence-electron chi connectivity index (χ2n) is 17.1. The Morgan fingerprint density at radius 1 is 0.559 bits per heavy atom. The molecule has 0 atom stereocenters. The first-order valence-electron chi connectivity index (χ1n) is 23.2. The summed E-state index contributed by atoms with van der Waals surface area (Å²) in [4.78, 5) is 26.5. The summed E-state index contributed by atoms with van der Waals surface area (Å²) in [6.07, 6.45) is 11.1. The molecule has 12 heteroatoms. The summed E-state index contributed by atoms with van der Waals surface area (Å²) < 4.78 is 12.3. The van der Waals surface area contributed by atoms with E-state index in [0.29, 0.717) is 23.4 Å². The highest BCUT2D eigenvalue weighted by Crippen LogP contribution is 2.37. The first kappa shape index (κ1) is 45.3. The van der Waals surface area contributed by atoms with Gasteiger partial charge in [0.1, 0.15) is 41.5 Å². The fourth-order valence-electron chi connectivity index (χ4n) is 8.09. The predicted molar refractivity (Wildman–Crippen MR) is 271 cm³/mol. The fourth-order valence-corrected chi connectivity index (χ4v) is 8.09. The number of anilines is 4. The number of pyridine rings is 2. The minimum Gasteiger partial charge on any atom is -0.455 e. The van der Waals surface area contributed by atoms with Crippen molar-refractivity contribution < 1.29 is 9.47 Å². The van der Waals surface area contributed by atoms with Gasteiger partial charge in [-0.1, -0.05) is 35.8 Å². The molecule has 4 aromatic carbocycles. The zero-order chi connectivity index (χ0) is 46.7. The summed E-state index contributed by atoms with van der Waals surface area (Å²) in [6, 6.07) is 31.9. The highest BCUT2D eigenvalue weighted by Gasteiger charge is 2.15. The molecule has 4 aromatic heterocycles. The molecule has 0 spiro atoms. The lowest BCUT2D eigenvalue weighted by Gasteiger charge is -2.17. The van der Waals surface area contributed by atoms with Gasteiger partial charge in [0, 0.05) is 51.3 Å². The van der Waals surface area contributed by atoms with Gasteiger partial charge in [-0.3, -0.25) is 9.97 Å². The molecular formula is C56H54N10O2. The maximum absolute atomic E-state index is 6.29. The normalized spacial score (nSPS) is 13.8. The quantitative estimate of drug-likeness (QED) is 0.108. The molecule has 2 aliphatic rings. The van der Waals surface area contributed by atoms with E-state index in [4.69, 9.17) is 9.47 Å². The van der Waals surface area contributed by atoms with Crippen LogP contribution >= 0.6 is 0 Å². The van der Waals surface area contributed by atoms with Crippen molar-refractivity contribution in [3.05, 3.63) is 156 Å². The highest BCUT2D eigenvalue weighted by molar-refractivity contribution is 5.93. The zero-order valence-corrected chi connectivity index (χ0v) is 38.9. The van der Waals surface area contributed by atoms with Crippen LogP contribution in [0.15, 0.2) is 122 Å². The third kappa shape index (κ3) is 11.5. The van der Waals surface area contributed by atoms with Gasteiger partial charge in [-0.15, -0.1) is 0 Å². The molecule has 8 aromatic rings. The van der Waals surface area contributed by atoms with Crippen LogP contribution in [0.5, 0.6) is 23.0 Å². The van der Waals surface area contributed by atoms with E-state index >= 15 is 0 Å². The monoisotopic (exact) mass is 898 g/mol. The van der Waals surface area contributed by atoms with Crippen molar-refractivity contribution in [2.45, 2.75) is 53.4 Å². The maximum Gasteiger partial charge on any atom is 0.153 e. The Morgan fingerprint density at radius 2 is 1.21 bits per heavy atom. The van der Waals surface area contributed by atoms with Crippen molar-refractivity contribution in [2.24, 2.45) is 11.8 Å². The van der Waals surface area contributed by atoms with Gasteiger partial charge >= 0.3 is 0 Å². The molecule has 2 aliphatic heterocycles. The molecule has 0 bridgehead atoms. The number of para-hydroxylation sites is 1. The van der Waals surface area contributed by atoms with Gasteiger partial charge in [-0.2, -0.15) is 0 Å². The van der Waals surface area contributed by atoms with Crippen LogP contribution in [0.4, 0.5) is 23.0 Å². The number of hydrogen-bond acceptors (Lipinski definition) is 12. The van der Waals surface area contributed by atoms with Crippen molar-refractivity contribution >= 4 is 44.8 Å². The molecular weight excluding hydrogens is 845 g/mol. The molecule has 0 aliphatic carbocycles. The zero-order valence-electron chi connectivity index (χ0n) is 38.9.